The van der Waals surface area contributed by atoms with Crippen LogP contribution < -0.4 is 56.5 Å². The largest absolute Gasteiger partial charge is 1.00 e. The van der Waals surface area contributed by atoms with Crippen LogP contribution in [0, 0.1) is 0 Å². The van der Waals surface area contributed by atoms with Gasteiger partial charge in [0, 0.05) is 0 Å². The minimum Gasteiger partial charge on any atom is -0.878 e. The maximum Gasteiger partial charge on any atom is 1.00 e. The first-order chi connectivity index (χ1) is 2.77. The molecule has 0 heterocycles. The van der Waals surface area contributed by atoms with E-state index >= 15 is 0 Å². The minimum atomic E-state index is 0. The molecule has 0 aromatic heterocycles. The zero-order valence-corrected chi connectivity index (χ0v) is 7.89. The molecule has 0 amide bonds. The van der Waals surface area contributed by atoms with Gasteiger partial charge < -0.3 is 5.11 Å². The topological polar surface area (TPSA) is 23.1 Å². The van der Waals surface area contributed by atoms with Crippen LogP contribution in [0.3, 0.4) is 0 Å². The Morgan fingerprint density at radius 1 is 1.71 bits per heavy atom. The van der Waals surface area contributed by atoms with Crippen LogP contribution in [-0.4, -0.2) is 0 Å². The molecule has 34 valence electrons. The fraction of sp³-hybridized carbons (Fsp3) is 0.200. The second kappa shape index (κ2) is 6.92. The zero-order chi connectivity index (χ0) is 4.99. The Balaban J connectivity index is 0. The van der Waals surface area contributed by atoms with Crippen molar-refractivity contribution in [1.29, 1.82) is 0 Å². The Morgan fingerprint density at radius 2 is 2.14 bits per heavy atom. The average molecular weight is 122 g/mol. The fourth-order valence-corrected chi connectivity index (χ4v) is 0.116. The standard InChI is InChI=1S/C5H8O.K/c1-5(2)3-4-6;/h3-4,6H,1H2,2H3;/q;+1/p-1/b4-3+;. The van der Waals surface area contributed by atoms with E-state index in [4.69, 9.17) is 0 Å². The molecule has 0 fully saturated rings. The molecule has 0 aliphatic heterocycles. The molecule has 0 aromatic carbocycles. The molecule has 0 aromatic rings. The molecule has 0 radical (unpaired) electrons. The van der Waals surface area contributed by atoms with Gasteiger partial charge in [0.1, 0.15) is 0 Å². The normalized spacial score (nSPS) is 8.14. The van der Waals surface area contributed by atoms with Gasteiger partial charge in [-0.2, -0.15) is 0 Å². The second-order valence-electron chi connectivity index (χ2n) is 1.15. The maximum atomic E-state index is 9.50. The van der Waals surface area contributed by atoms with Crippen LogP contribution in [-0.2, 0) is 0 Å². The number of hydrogen-bond donors (Lipinski definition) is 0. The van der Waals surface area contributed by atoms with Gasteiger partial charge in [-0.25, -0.2) is 0 Å². The van der Waals surface area contributed by atoms with E-state index in [-0.39, 0.29) is 51.4 Å². The van der Waals surface area contributed by atoms with E-state index in [2.05, 4.69) is 6.58 Å². The Bertz CT molecular complexity index is 76.1. The van der Waals surface area contributed by atoms with Crippen molar-refractivity contribution in [2.75, 3.05) is 0 Å². The van der Waals surface area contributed by atoms with Crippen LogP contribution in [0.4, 0.5) is 0 Å². The Kier molecular flexibility index (Phi) is 10.7. The van der Waals surface area contributed by atoms with Crippen LogP contribution in [0.5, 0.6) is 0 Å². The van der Waals surface area contributed by atoms with Crippen LogP contribution >= 0.6 is 0 Å². The zero-order valence-electron chi connectivity index (χ0n) is 4.77. The van der Waals surface area contributed by atoms with Gasteiger partial charge >= 0.3 is 51.4 Å². The van der Waals surface area contributed by atoms with E-state index in [0.717, 1.165) is 11.8 Å². The monoisotopic (exact) mass is 122 g/mol. The molecule has 2 heteroatoms. The first kappa shape index (κ1) is 10.8. The molecule has 0 spiro atoms. The van der Waals surface area contributed by atoms with Gasteiger partial charge in [-0.05, 0) is 6.92 Å². The third kappa shape index (κ3) is 10.9. The molecule has 0 unspecified atom stereocenters. The van der Waals surface area contributed by atoms with Crippen molar-refractivity contribution in [1.82, 2.24) is 0 Å². The van der Waals surface area contributed by atoms with Crippen molar-refractivity contribution in [2.45, 2.75) is 6.92 Å². The molecule has 0 aliphatic carbocycles. The number of rotatable bonds is 1. The van der Waals surface area contributed by atoms with Gasteiger partial charge in [-0.1, -0.05) is 18.2 Å². The van der Waals surface area contributed by atoms with Crippen molar-refractivity contribution in [2.24, 2.45) is 0 Å². The summed E-state index contributed by atoms with van der Waals surface area (Å²) in [6.45, 7) is 5.23. The SMILES string of the molecule is C=C(C)/C=C/[O-].[K+]. The summed E-state index contributed by atoms with van der Waals surface area (Å²) in [4.78, 5) is 0. The maximum absolute atomic E-state index is 9.50. The molecule has 0 saturated heterocycles. The van der Waals surface area contributed by atoms with Gasteiger partial charge in [0.15, 0.2) is 0 Å². The van der Waals surface area contributed by atoms with Gasteiger partial charge in [0.2, 0.25) is 0 Å². The third-order valence-electron chi connectivity index (χ3n) is 0.353. The van der Waals surface area contributed by atoms with E-state index in [1.807, 2.05) is 0 Å². The Labute approximate surface area is 86.5 Å². The van der Waals surface area contributed by atoms with Crippen molar-refractivity contribution in [3.05, 3.63) is 24.5 Å². The molecule has 7 heavy (non-hydrogen) atoms. The number of allylic oxidation sites excluding steroid dienone is 2. The van der Waals surface area contributed by atoms with Crippen molar-refractivity contribution in [3.8, 4) is 0 Å². The van der Waals surface area contributed by atoms with E-state index in [1.165, 1.54) is 6.08 Å². The molecular weight excluding hydrogens is 115 g/mol. The number of hydrogen-bond acceptors (Lipinski definition) is 1. The molecule has 0 saturated carbocycles. The summed E-state index contributed by atoms with van der Waals surface area (Å²) in [7, 11) is 0. The first-order valence-corrected chi connectivity index (χ1v) is 1.71. The molecule has 0 rings (SSSR count). The predicted octanol–water partition coefficient (Wildman–Crippen LogP) is -2.56. The minimum absolute atomic E-state index is 0. The van der Waals surface area contributed by atoms with E-state index in [1.54, 1.807) is 6.92 Å². The van der Waals surface area contributed by atoms with Gasteiger partial charge in [0.05, 0.1) is 0 Å². The summed E-state index contributed by atoms with van der Waals surface area (Å²) < 4.78 is 0. The molecule has 1 nitrogen and oxygen atoms in total. The van der Waals surface area contributed by atoms with Crippen LogP contribution in [0.1, 0.15) is 6.92 Å². The van der Waals surface area contributed by atoms with E-state index in [9.17, 15) is 5.11 Å². The summed E-state index contributed by atoms with van der Waals surface area (Å²) in [6, 6.07) is 0. The quantitative estimate of drug-likeness (QED) is 0.213. The molecular formula is C5H7KO. The average Bonchev–Trinajstić information content (AvgIpc) is 1.35. The summed E-state index contributed by atoms with van der Waals surface area (Å²) in [5, 5.41) is 9.50. The van der Waals surface area contributed by atoms with Crippen molar-refractivity contribution < 1.29 is 56.5 Å². The van der Waals surface area contributed by atoms with Crippen LogP contribution in [0.25, 0.3) is 0 Å². The van der Waals surface area contributed by atoms with E-state index < -0.39 is 0 Å². The van der Waals surface area contributed by atoms with Crippen LogP contribution in [0.2, 0.25) is 0 Å². The summed E-state index contributed by atoms with van der Waals surface area (Å²) in [5.41, 5.74) is 0.796. The van der Waals surface area contributed by atoms with Crippen molar-refractivity contribution >= 4 is 0 Å². The molecule has 0 aliphatic rings. The summed E-state index contributed by atoms with van der Waals surface area (Å²) in [5.74, 6) is 0. The molecule has 0 N–H and O–H groups in total. The Morgan fingerprint density at radius 3 is 2.14 bits per heavy atom. The molecule has 0 bridgehead atoms. The first-order valence-electron chi connectivity index (χ1n) is 1.71. The smallest absolute Gasteiger partial charge is 0.878 e. The third-order valence-corrected chi connectivity index (χ3v) is 0.353. The summed E-state index contributed by atoms with van der Waals surface area (Å²) in [6.07, 6.45) is 2.14. The van der Waals surface area contributed by atoms with E-state index in [0.29, 0.717) is 0 Å². The van der Waals surface area contributed by atoms with Gasteiger partial charge in [0.25, 0.3) is 0 Å². The Hall–Kier alpha value is 0.916. The van der Waals surface area contributed by atoms with Crippen LogP contribution in [0.15, 0.2) is 24.5 Å². The van der Waals surface area contributed by atoms with Gasteiger partial charge in [-0.15, -0.1) is 6.26 Å². The second-order valence-corrected chi connectivity index (χ2v) is 1.15. The predicted molar refractivity (Wildman–Crippen MR) is 24.0 cm³/mol. The fourth-order valence-electron chi connectivity index (χ4n) is 0.116. The summed E-state index contributed by atoms with van der Waals surface area (Å²) >= 11 is 0. The van der Waals surface area contributed by atoms with Gasteiger partial charge in [-0.3, -0.25) is 0 Å². The van der Waals surface area contributed by atoms with Crippen molar-refractivity contribution in [3.63, 3.8) is 0 Å². The molecule has 0 atom stereocenters.